The molecule has 3 rings (SSSR count). The predicted molar refractivity (Wildman–Crippen MR) is 100 cm³/mol. The molecular weight excluding hydrogens is 376 g/mol. The van der Waals surface area contributed by atoms with Crippen molar-refractivity contribution in [1.82, 2.24) is 15.3 Å². The molecule has 27 heavy (non-hydrogen) atoms. The lowest BCUT2D eigenvalue weighted by Gasteiger charge is -2.30. The largest absolute Gasteiger partial charge is 0.468 e. The van der Waals surface area contributed by atoms with Gasteiger partial charge < -0.3 is 19.9 Å². The van der Waals surface area contributed by atoms with Crippen LogP contribution >= 0.6 is 0 Å². The van der Waals surface area contributed by atoms with Crippen LogP contribution in [0.5, 0.6) is 5.88 Å². The summed E-state index contributed by atoms with van der Waals surface area (Å²) in [6, 6.07) is 0. The summed E-state index contributed by atoms with van der Waals surface area (Å²) in [7, 11) is -3.13. The Morgan fingerprint density at radius 3 is 2.44 bits per heavy atom. The molecule has 0 atom stereocenters. The lowest BCUT2D eigenvalue weighted by atomic mass is 10.3. The Kier molecular flexibility index (Phi) is 5.75. The van der Waals surface area contributed by atoms with Gasteiger partial charge in [-0.25, -0.2) is 8.42 Å². The van der Waals surface area contributed by atoms with E-state index in [9.17, 15) is 18.5 Å². The highest BCUT2D eigenvalue weighted by atomic mass is 32.2. The van der Waals surface area contributed by atoms with E-state index in [1.54, 1.807) is 4.90 Å². The van der Waals surface area contributed by atoms with Crippen LogP contribution in [0.15, 0.2) is 12.7 Å². The molecule has 1 N–H and O–H groups in total. The van der Waals surface area contributed by atoms with E-state index in [0.29, 0.717) is 19.0 Å². The number of anilines is 2. The van der Waals surface area contributed by atoms with Crippen molar-refractivity contribution < 1.29 is 18.1 Å². The minimum atomic E-state index is -3.13. The van der Waals surface area contributed by atoms with Gasteiger partial charge in [-0.2, -0.15) is 9.97 Å². The van der Waals surface area contributed by atoms with Crippen molar-refractivity contribution in [3.63, 3.8) is 0 Å². The van der Waals surface area contributed by atoms with Gasteiger partial charge in [0.25, 0.3) is 0 Å². The number of hydrogen-bond donors (Lipinski definition) is 1. The number of nitro groups is 1. The van der Waals surface area contributed by atoms with Crippen molar-refractivity contribution in [1.29, 1.82) is 0 Å². The maximum absolute atomic E-state index is 11.7. The quantitative estimate of drug-likeness (QED) is 0.383. The van der Waals surface area contributed by atoms with Gasteiger partial charge in [0.15, 0.2) is 9.84 Å². The molecule has 0 unspecified atom stereocenters. The minimum absolute atomic E-state index is 0.0622. The Morgan fingerprint density at radius 2 is 1.85 bits per heavy atom. The number of sulfone groups is 1. The summed E-state index contributed by atoms with van der Waals surface area (Å²) < 4.78 is 28.9. The fraction of sp³-hybridized carbons (Fsp3) is 0.600. The standard InChI is InChI=1S/C15H22N6O5S/c1-2-9-26-14-12(21(22)23)13(19-7-10-27(24,25)11-8-19)17-15(18-14)20-5-3-16-4-6-20/h2,16H,1,3-11H2. The van der Waals surface area contributed by atoms with Crippen molar-refractivity contribution in [3.05, 3.63) is 22.8 Å². The first kappa shape index (κ1) is 19.3. The summed E-state index contributed by atoms with van der Waals surface area (Å²) in [4.78, 5) is 23.4. The van der Waals surface area contributed by atoms with Gasteiger partial charge in [0.1, 0.15) is 6.61 Å². The molecule has 0 aromatic carbocycles. The maximum atomic E-state index is 11.7. The Hall–Kier alpha value is -2.47. The first-order chi connectivity index (χ1) is 12.9. The zero-order chi connectivity index (χ0) is 19.4. The number of hydrogen-bond acceptors (Lipinski definition) is 10. The van der Waals surface area contributed by atoms with Crippen LogP contribution in [0, 0.1) is 10.1 Å². The SMILES string of the molecule is C=CCOc1nc(N2CCNCC2)nc(N2CCS(=O)(=O)CC2)c1[N+](=O)[O-]. The zero-order valence-corrected chi connectivity index (χ0v) is 15.7. The third-order valence-electron chi connectivity index (χ3n) is 4.39. The number of nitrogens with one attached hydrogen (secondary N) is 1. The summed E-state index contributed by atoms with van der Waals surface area (Å²) >= 11 is 0. The molecule has 2 aliphatic rings. The lowest BCUT2D eigenvalue weighted by molar-refractivity contribution is -0.385. The van der Waals surface area contributed by atoms with E-state index in [2.05, 4.69) is 21.9 Å². The highest BCUT2D eigenvalue weighted by Crippen LogP contribution is 2.37. The highest BCUT2D eigenvalue weighted by molar-refractivity contribution is 7.91. The van der Waals surface area contributed by atoms with Crippen molar-refractivity contribution in [2.75, 3.05) is 67.2 Å². The molecule has 2 saturated heterocycles. The molecule has 3 heterocycles. The third-order valence-corrected chi connectivity index (χ3v) is 6.00. The smallest absolute Gasteiger partial charge is 0.373 e. The molecule has 0 bridgehead atoms. The fourth-order valence-corrected chi connectivity index (χ4v) is 4.16. The molecule has 1 aromatic rings. The molecule has 0 amide bonds. The highest BCUT2D eigenvalue weighted by Gasteiger charge is 2.34. The monoisotopic (exact) mass is 398 g/mol. The first-order valence-electron chi connectivity index (χ1n) is 8.62. The normalized spacial score (nSPS) is 19.6. The van der Waals surface area contributed by atoms with Gasteiger partial charge in [-0.05, 0) is 0 Å². The molecular formula is C15H22N6O5S. The van der Waals surface area contributed by atoms with E-state index in [0.717, 1.165) is 13.1 Å². The summed E-state index contributed by atoms with van der Waals surface area (Å²) in [5.41, 5.74) is -0.352. The minimum Gasteiger partial charge on any atom is -0.468 e. The van der Waals surface area contributed by atoms with E-state index in [4.69, 9.17) is 4.74 Å². The molecule has 12 heteroatoms. The summed E-state index contributed by atoms with van der Waals surface area (Å²) in [6.07, 6.45) is 1.48. The van der Waals surface area contributed by atoms with Crippen LogP contribution < -0.4 is 19.9 Å². The average molecular weight is 398 g/mol. The molecule has 1 aromatic heterocycles. The molecule has 2 fully saturated rings. The molecule has 0 aliphatic carbocycles. The number of piperazine rings is 1. The van der Waals surface area contributed by atoms with E-state index >= 15 is 0 Å². The molecule has 11 nitrogen and oxygen atoms in total. The first-order valence-corrected chi connectivity index (χ1v) is 10.4. The molecule has 0 radical (unpaired) electrons. The number of ether oxygens (including phenoxy) is 1. The number of rotatable bonds is 6. The van der Waals surface area contributed by atoms with Crippen LogP contribution in [-0.4, -0.2) is 80.7 Å². The van der Waals surface area contributed by atoms with Gasteiger partial charge in [0.05, 0.1) is 16.4 Å². The summed E-state index contributed by atoms with van der Waals surface area (Å²) in [5.74, 6) is 0.161. The van der Waals surface area contributed by atoms with Crippen molar-refractivity contribution in [2.45, 2.75) is 0 Å². The van der Waals surface area contributed by atoms with Crippen molar-refractivity contribution >= 4 is 27.3 Å². The maximum Gasteiger partial charge on any atom is 0.373 e. The van der Waals surface area contributed by atoms with Gasteiger partial charge in [-0.3, -0.25) is 10.1 Å². The molecule has 0 spiro atoms. The topological polar surface area (TPSA) is 131 Å². The van der Waals surface area contributed by atoms with Crippen molar-refractivity contribution in [2.24, 2.45) is 0 Å². The van der Waals surface area contributed by atoms with E-state index < -0.39 is 14.8 Å². The third kappa shape index (κ3) is 4.45. The van der Waals surface area contributed by atoms with Crippen molar-refractivity contribution in [3.8, 4) is 5.88 Å². The zero-order valence-electron chi connectivity index (χ0n) is 14.8. The average Bonchev–Trinajstić information content (AvgIpc) is 2.66. The summed E-state index contributed by atoms with van der Waals surface area (Å²) in [5, 5.41) is 14.9. The molecule has 0 saturated carbocycles. The van der Waals surface area contributed by atoms with Crippen LogP contribution in [0.1, 0.15) is 0 Å². The second kappa shape index (κ2) is 8.05. The Labute approximate surface area is 157 Å². The van der Waals surface area contributed by atoms with Crippen LogP contribution in [0.2, 0.25) is 0 Å². The van der Waals surface area contributed by atoms with Crippen LogP contribution in [0.3, 0.4) is 0 Å². The van der Waals surface area contributed by atoms with E-state index in [1.165, 1.54) is 6.08 Å². The Balaban J connectivity index is 2.04. The van der Waals surface area contributed by atoms with E-state index in [1.807, 2.05) is 4.90 Å². The van der Waals surface area contributed by atoms with Crippen LogP contribution in [-0.2, 0) is 9.84 Å². The number of aromatic nitrogens is 2. The van der Waals surface area contributed by atoms with Crippen LogP contribution in [0.4, 0.5) is 17.5 Å². The number of nitrogens with zero attached hydrogens (tertiary/aromatic N) is 5. The predicted octanol–water partition coefficient (Wildman–Crippen LogP) is -0.406. The van der Waals surface area contributed by atoms with Gasteiger partial charge in [0, 0.05) is 39.3 Å². The second-order valence-corrected chi connectivity index (χ2v) is 8.54. The Bertz CT molecular complexity index is 810. The van der Waals surface area contributed by atoms with E-state index in [-0.39, 0.29) is 48.6 Å². The van der Waals surface area contributed by atoms with Gasteiger partial charge in [-0.15, -0.1) is 0 Å². The Morgan fingerprint density at radius 1 is 1.19 bits per heavy atom. The molecule has 2 aliphatic heterocycles. The van der Waals surface area contributed by atoms with Gasteiger partial charge >= 0.3 is 11.6 Å². The second-order valence-electron chi connectivity index (χ2n) is 6.23. The molecule has 148 valence electrons. The van der Waals surface area contributed by atoms with Crippen LogP contribution in [0.25, 0.3) is 0 Å². The van der Waals surface area contributed by atoms with Gasteiger partial charge in [-0.1, -0.05) is 12.7 Å². The lowest BCUT2D eigenvalue weighted by Crippen LogP contribution is -2.45. The fourth-order valence-electron chi connectivity index (χ4n) is 2.96. The van der Waals surface area contributed by atoms with Gasteiger partial charge in [0.2, 0.25) is 11.8 Å². The summed E-state index contributed by atoms with van der Waals surface area (Å²) in [6.45, 7) is 6.72.